The van der Waals surface area contributed by atoms with Crippen molar-refractivity contribution in [2.45, 2.75) is 25.4 Å². The summed E-state index contributed by atoms with van der Waals surface area (Å²) in [6.07, 6.45) is 1.65. The topological polar surface area (TPSA) is 53.4 Å². The zero-order valence-corrected chi connectivity index (χ0v) is 12.9. The van der Waals surface area contributed by atoms with E-state index in [1.54, 1.807) is 11.3 Å². The largest absolute Gasteiger partial charge is 0.480 e. The highest BCUT2D eigenvalue weighted by Crippen LogP contribution is 2.31. The molecule has 3 rings (SSSR count). The van der Waals surface area contributed by atoms with Crippen molar-refractivity contribution in [2.75, 3.05) is 6.54 Å². The Labute approximate surface area is 132 Å². The van der Waals surface area contributed by atoms with Gasteiger partial charge in [0.15, 0.2) is 0 Å². The lowest BCUT2D eigenvalue weighted by molar-refractivity contribution is -0.142. The van der Waals surface area contributed by atoms with E-state index < -0.39 is 5.97 Å². The molecule has 1 fully saturated rings. The quantitative estimate of drug-likeness (QED) is 0.936. The Morgan fingerprint density at radius 3 is 3.05 bits per heavy atom. The molecule has 1 unspecified atom stereocenters. The first-order valence-electron chi connectivity index (χ1n) is 6.81. The monoisotopic (exact) mass is 322 g/mol. The molecular formula is C15H15ClN2O2S. The summed E-state index contributed by atoms with van der Waals surface area (Å²) in [5, 5.41) is 12.7. The lowest BCUT2D eigenvalue weighted by atomic mass is 10.2. The molecule has 0 amide bonds. The number of thiazole rings is 1. The molecule has 1 atom stereocenters. The van der Waals surface area contributed by atoms with Crippen LogP contribution in [0.1, 0.15) is 18.5 Å². The predicted octanol–water partition coefficient (Wildman–Crippen LogP) is 3.51. The number of benzene rings is 1. The van der Waals surface area contributed by atoms with Crippen LogP contribution in [0.4, 0.5) is 0 Å². The van der Waals surface area contributed by atoms with Gasteiger partial charge in [0, 0.05) is 17.5 Å². The van der Waals surface area contributed by atoms with Crippen molar-refractivity contribution in [1.29, 1.82) is 0 Å². The summed E-state index contributed by atoms with van der Waals surface area (Å²) in [6, 6.07) is 7.24. The number of carboxylic acid groups (broad SMARTS) is 1. The summed E-state index contributed by atoms with van der Waals surface area (Å²) >= 11 is 7.72. The van der Waals surface area contributed by atoms with E-state index in [2.05, 4.69) is 4.98 Å². The molecule has 0 bridgehead atoms. The van der Waals surface area contributed by atoms with Crippen LogP contribution in [0.2, 0.25) is 5.02 Å². The zero-order valence-electron chi connectivity index (χ0n) is 11.3. The highest BCUT2D eigenvalue weighted by molar-refractivity contribution is 7.13. The predicted molar refractivity (Wildman–Crippen MR) is 83.6 cm³/mol. The Hall–Kier alpha value is -1.43. The van der Waals surface area contributed by atoms with Gasteiger partial charge < -0.3 is 5.11 Å². The van der Waals surface area contributed by atoms with Gasteiger partial charge in [0.25, 0.3) is 0 Å². The second-order valence-corrected chi connectivity index (χ2v) is 6.36. The van der Waals surface area contributed by atoms with Gasteiger partial charge in [0.2, 0.25) is 0 Å². The van der Waals surface area contributed by atoms with E-state index in [0.717, 1.165) is 35.7 Å². The van der Waals surface area contributed by atoms with Crippen molar-refractivity contribution in [3.8, 4) is 10.6 Å². The first-order valence-corrected chi connectivity index (χ1v) is 8.07. The highest BCUT2D eigenvalue weighted by atomic mass is 35.5. The Bertz CT molecular complexity index is 659. The molecule has 1 N–H and O–H groups in total. The Kier molecular flexibility index (Phi) is 4.24. The first-order chi connectivity index (χ1) is 10.1. The number of hydrogen-bond donors (Lipinski definition) is 1. The molecule has 1 aliphatic rings. The molecule has 0 saturated carbocycles. The van der Waals surface area contributed by atoms with Crippen LogP contribution >= 0.6 is 22.9 Å². The summed E-state index contributed by atoms with van der Waals surface area (Å²) in [6.45, 7) is 1.40. The molecule has 6 heteroatoms. The van der Waals surface area contributed by atoms with Gasteiger partial charge in [-0.25, -0.2) is 4.98 Å². The number of aliphatic carboxylic acids is 1. The SMILES string of the molecule is O=C(O)C1CCCN1Cc1csc(-c2ccccc2Cl)n1. The van der Waals surface area contributed by atoms with Crippen molar-refractivity contribution < 1.29 is 9.90 Å². The van der Waals surface area contributed by atoms with E-state index in [9.17, 15) is 9.90 Å². The zero-order chi connectivity index (χ0) is 14.8. The molecule has 0 aliphatic carbocycles. The average molecular weight is 323 g/mol. The molecular weight excluding hydrogens is 308 g/mol. The number of hydrogen-bond acceptors (Lipinski definition) is 4. The van der Waals surface area contributed by atoms with Gasteiger partial charge in [-0.1, -0.05) is 29.8 Å². The molecule has 0 spiro atoms. The summed E-state index contributed by atoms with van der Waals surface area (Å²) in [5.74, 6) is -0.742. The Morgan fingerprint density at radius 1 is 1.48 bits per heavy atom. The van der Waals surface area contributed by atoms with Gasteiger partial charge >= 0.3 is 5.97 Å². The second kappa shape index (κ2) is 6.13. The number of carboxylic acids is 1. The molecule has 2 heterocycles. The van der Waals surface area contributed by atoms with Crippen molar-refractivity contribution in [2.24, 2.45) is 0 Å². The number of rotatable bonds is 4. The third-order valence-corrected chi connectivity index (χ3v) is 4.92. The number of aromatic nitrogens is 1. The van der Waals surface area contributed by atoms with E-state index in [4.69, 9.17) is 11.6 Å². The molecule has 1 aromatic heterocycles. The minimum atomic E-state index is -0.742. The van der Waals surface area contributed by atoms with Gasteiger partial charge in [-0.3, -0.25) is 9.69 Å². The van der Waals surface area contributed by atoms with Crippen LogP contribution in [0.15, 0.2) is 29.6 Å². The number of halogens is 1. The Balaban J connectivity index is 1.77. The fourth-order valence-electron chi connectivity index (χ4n) is 2.64. The van der Waals surface area contributed by atoms with Gasteiger partial charge in [0.1, 0.15) is 11.0 Å². The standard InChI is InChI=1S/C15H15ClN2O2S/c16-12-5-2-1-4-11(12)14-17-10(9-21-14)8-18-7-3-6-13(18)15(19)20/h1-2,4-5,9,13H,3,6-8H2,(H,19,20). The van der Waals surface area contributed by atoms with E-state index in [-0.39, 0.29) is 6.04 Å². The van der Waals surface area contributed by atoms with E-state index >= 15 is 0 Å². The van der Waals surface area contributed by atoms with Gasteiger partial charge in [0.05, 0.1) is 10.7 Å². The van der Waals surface area contributed by atoms with Crippen LogP contribution < -0.4 is 0 Å². The third kappa shape index (κ3) is 3.10. The summed E-state index contributed by atoms with van der Waals surface area (Å²) in [5.41, 5.74) is 1.83. The van der Waals surface area contributed by atoms with Crippen LogP contribution in [-0.2, 0) is 11.3 Å². The summed E-state index contributed by atoms with van der Waals surface area (Å²) in [7, 11) is 0. The van der Waals surface area contributed by atoms with Gasteiger partial charge in [-0.05, 0) is 25.5 Å². The molecule has 4 nitrogen and oxygen atoms in total. The molecule has 1 aromatic carbocycles. The van der Waals surface area contributed by atoms with E-state index in [1.807, 2.05) is 34.5 Å². The van der Waals surface area contributed by atoms with Crippen molar-refractivity contribution in [3.05, 3.63) is 40.4 Å². The minimum Gasteiger partial charge on any atom is -0.480 e. The van der Waals surface area contributed by atoms with Crippen LogP contribution in [0.25, 0.3) is 10.6 Å². The molecule has 110 valence electrons. The molecule has 0 radical (unpaired) electrons. The van der Waals surface area contributed by atoms with E-state index in [0.29, 0.717) is 11.6 Å². The maximum atomic E-state index is 11.2. The third-order valence-electron chi connectivity index (χ3n) is 3.67. The number of likely N-dealkylation sites (tertiary alicyclic amines) is 1. The summed E-state index contributed by atoms with van der Waals surface area (Å²) in [4.78, 5) is 17.8. The molecule has 1 saturated heterocycles. The fourth-order valence-corrected chi connectivity index (χ4v) is 3.77. The maximum Gasteiger partial charge on any atom is 0.320 e. The molecule has 2 aromatic rings. The van der Waals surface area contributed by atoms with Crippen LogP contribution in [0.3, 0.4) is 0 Å². The molecule has 21 heavy (non-hydrogen) atoms. The maximum absolute atomic E-state index is 11.2. The van der Waals surface area contributed by atoms with Gasteiger partial charge in [-0.15, -0.1) is 11.3 Å². The first kappa shape index (κ1) is 14.5. The number of nitrogens with zero attached hydrogens (tertiary/aromatic N) is 2. The van der Waals surface area contributed by atoms with Gasteiger partial charge in [-0.2, -0.15) is 0 Å². The molecule has 1 aliphatic heterocycles. The normalized spacial score (nSPS) is 19.0. The van der Waals surface area contributed by atoms with Crippen LogP contribution in [0, 0.1) is 0 Å². The van der Waals surface area contributed by atoms with Crippen molar-refractivity contribution in [3.63, 3.8) is 0 Å². The summed E-state index contributed by atoms with van der Waals surface area (Å²) < 4.78 is 0. The Morgan fingerprint density at radius 2 is 2.29 bits per heavy atom. The van der Waals surface area contributed by atoms with Crippen molar-refractivity contribution >= 4 is 28.9 Å². The van der Waals surface area contributed by atoms with E-state index in [1.165, 1.54) is 0 Å². The lowest BCUT2D eigenvalue weighted by Gasteiger charge is -2.19. The second-order valence-electron chi connectivity index (χ2n) is 5.09. The lowest BCUT2D eigenvalue weighted by Crippen LogP contribution is -2.35. The van der Waals surface area contributed by atoms with Crippen molar-refractivity contribution in [1.82, 2.24) is 9.88 Å². The van der Waals surface area contributed by atoms with Crippen LogP contribution in [0.5, 0.6) is 0 Å². The highest BCUT2D eigenvalue weighted by Gasteiger charge is 2.30. The smallest absolute Gasteiger partial charge is 0.320 e. The average Bonchev–Trinajstić information content (AvgIpc) is 3.09. The number of carbonyl (C=O) groups is 1. The fraction of sp³-hybridized carbons (Fsp3) is 0.333. The van der Waals surface area contributed by atoms with Crippen LogP contribution in [-0.4, -0.2) is 33.5 Å². The minimum absolute atomic E-state index is 0.379.